The van der Waals surface area contributed by atoms with Crippen LogP contribution in [-0.2, 0) is 0 Å². The summed E-state index contributed by atoms with van der Waals surface area (Å²) in [6.45, 7) is 6.14. The summed E-state index contributed by atoms with van der Waals surface area (Å²) in [5.41, 5.74) is 0.639. The Balaban J connectivity index is 1.81. The van der Waals surface area contributed by atoms with E-state index in [0.717, 1.165) is 31.2 Å². The summed E-state index contributed by atoms with van der Waals surface area (Å²) >= 11 is 1.31. The van der Waals surface area contributed by atoms with Crippen molar-refractivity contribution in [1.82, 2.24) is 9.88 Å². The van der Waals surface area contributed by atoms with Crippen molar-refractivity contribution in [3.05, 3.63) is 10.6 Å². The summed E-state index contributed by atoms with van der Waals surface area (Å²) in [5, 5.41) is 10.0. The van der Waals surface area contributed by atoms with E-state index in [0.29, 0.717) is 16.6 Å². The largest absolute Gasteiger partial charge is 0.477 e. The lowest BCUT2D eigenvalue weighted by Gasteiger charge is -2.25. The monoisotopic (exact) mass is 281 g/mol. The average Bonchev–Trinajstić information content (AvgIpc) is 2.91. The number of rotatable bonds is 2. The van der Waals surface area contributed by atoms with Gasteiger partial charge in [0.25, 0.3) is 0 Å². The van der Waals surface area contributed by atoms with Crippen LogP contribution in [0.1, 0.15) is 34.6 Å². The van der Waals surface area contributed by atoms with Crippen LogP contribution in [0.2, 0.25) is 0 Å². The molecule has 1 atom stereocenters. The van der Waals surface area contributed by atoms with Gasteiger partial charge in [0.2, 0.25) is 0 Å². The first-order valence-corrected chi connectivity index (χ1v) is 7.66. The third kappa shape index (κ3) is 2.47. The van der Waals surface area contributed by atoms with Gasteiger partial charge in [-0.1, -0.05) is 11.3 Å². The molecule has 2 saturated heterocycles. The number of carboxylic acids is 1. The number of aryl methyl sites for hydroxylation is 1. The third-order valence-electron chi connectivity index (χ3n) is 4.05. The summed E-state index contributed by atoms with van der Waals surface area (Å²) in [6.07, 6.45) is 3.68. The summed E-state index contributed by atoms with van der Waals surface area (Å²) in [6, 6.07) is 0.625. The van der Waals surface area contributed by atoms with Gasteiger partial charge >= 0.3 is 5.97 Å². The van der Waals surface area contributed by atoms with Crippen LogP contribution < -0.4 is 4.90 Å². The Labute approximate surface area is 116 Å². The zero-order valence-corrected chi connectivity index (χ0v) is 11.9. The maximum absolute atomic E-state index is 11.1. The molecule has 0 spiro atoms. The average molecular weight is 281 g/mol. The molecule has 3 rings (SSSR count). The van der Waals surface area contributed by atoms with E-state index < -0.39 is 5.97 Å². The first-order chi connectivity index (χ1) is 9.15. The number of carboxylic acid groups (broad SMARTS) is 1. The van der Waals surface area contributed by atoms with Gasteiger partial charge in [-0.15, -0.1) is 0 Å². The lowest BCUT2D eigenvalue weighted by Crippen LogP contribution is -2.36. The molecule has 5 nitrogen and oxygen atoms in total. The minimum atomic E-state index is -0.862. The minimum Gasteiger partial charge on any atom is -0.477 e. The fourth-order valence-corrected chi connectivity index (χ4v) is 4.04. The minimum absolute atomic E-state index is 0.377. The van der Waals surface area contributed by atoms with Gasteiger partial charge < -0.3 is 10.0 Å². The molecule has 1 N–H and O–H groups in total. The maximum Gasteiger partial charge on any atom is 0.347 e. The normalized spacial score (nSPS) is 24.3. The molecule has 1 aromatic rings. The van der Waals surface area contributed by atoms with Gasteiger partial charge in [-0.2, -0.15) is 0 Å². The second-order valence-corrected chi connectivity index (χ2v) is 6.33. The maximum atomic E-state index is 11.1. The predicted molar refractivity (Wildman–Crippen MR) is 75.2 cm³/mol. The highest BCUT2D eigenvalue weighted by Gasteiger charge is 2.30. The molecule has 2 aliphatic heterocycles. The molecule has 0 aromatic carbocycles. The molecule has 6 heteroatoms. The summed E-state index contributed by atoms with van der Waals surface area (Å²) < 4.78 is 0. The van der Waals surface area contributed by atoms with E-state index in [2.05, 4.69) is 14.8 Å². The van der Waals surface area contributed by atoms with Crippen LogP contribution in [0.3, 0.4) is 0 Å². The Bertz CT molecular complexity index is 488. The van der Waals surface area contributed by atoms with E-state index in [9.17, 15) is 4.79 Å². The first-order valence-electron chi connectivity index (χ1n) is 6.85. The fraction of sp³-hybridized carbons (Fsp3) is 0.692. The molecule has 0 aliphatic carbocycles. The zero-order chi connectivity index (χ0) is 13.4. The van der Waals surface area contributed by atoms with Crippen LogP contribution in [0.15, 0.2) is 0 Å². The van der Waals surface area contributed by atoms with Crippen molar-refractivity contribution in [2.24, 2.45) is 0 Å². The number of aromatic carboxylic acids is 1. The predicted octanol–water partition coefficient (Wildman–Crippen LogP) is 1.82. The number of thiazole rings is 1. The van der Waals surface area contributed by atoms with E-state index in [4.69, 9.17) is 5.11 Å². The molecule has 1 aromatic heterocycles. The SMILES string of the molecule is Cc1nc(N2CCCN3CCCC3C2)sc1C(=O)O. The molecule has 0 radical (unpaired) electrons. The first kappa shape index (κ1) is 12.9. The molecular formula is C13H19N3O2S. The summed E-state index contributed by atoms with van der Waals surface area (Å²) in [4.78, 5) is 20.8. The van der Waals surface area contributed by atoms with E-state index in [1.54, 1.807) is 6.92 Å². The highest BCUT2D eigenvalue weighted by molar-refractivity contribution is 7.17. The highest BCUT2D eigenvalue weighted by Crippen LogP contribution is 2.29. The van der Waals surface area contributed by atoms with Gasteiger partial charge in [0.1, 0.15) is 4.88 Å². The standard InChI is InChI=1S/C13H19N3O2S/c1-9-11(12(17)18)19-13(14-9)16-7-3-6-15-5-2-4-10(15)8-16/h10H,2-8H2,1H3,(H,17,18). The van der Waals surface area contributed by atoms with Gasteiger partial charge in [-0.25, -0.2) is 9.78 Å². The van der Waals surface area contributed by atoms with Crippen LogP contribution in [0.5, 0.6) is 0 Å². The Morgan fingerprint density at radius 3 is 2.89 bits per heavy atom. The fourth-order valence-electron chi connectivity index (χ4n) is 3.10. The van der Waals surface area contributed by atoms with E-state index >= 15 is 0 Å². The van der Waals surface area contributed by atoms with Crippen LogP contribution >= 0.6 is 11.3 Å². The number of aromatic nitrogens is 1. The molecule has 3 heterocycles. The quantitative estimate of drug-likeness (QED) is 0.896. The number of anilines is 1. The van der Waals surface area contributed by atoms with Crippen LogP contribution in [0.4, 0.5) is 5.13 Å². The molecule has 19 heavy (non-hydrogen) atoms. The van der Waals surface area contributed by atoms with Crippen LogP contribution in [-0.4, -0.2) is 53.2 Å². The van der Waals surface area contributed by atoms with Crippen molar-refractivity contribution in [3.63, 3.8) is 0 Å². The lowest BCUT2D eigenvalue weighted by atomic mass is 10.2. The van der Waals surface area contributed by atoms with Gasteiger partial charge in [0.05, 0.1) is 5.69 Å². The molecule has 0 amide bonds. The van der Waals surface area contributed by atoms with Gasteiger partial charge in [-0.3, -0.25) is 4.90 Å². The molecule has 1 unspecified atom stereocenters. The molecule has 104 valence electrons. The van der Waals surface area contributed by atoms with E-state index in [-0.39, 0.29) is 0 Å². The van der Waals surface area contributed by atoms with Crippen molar-refractivity contribution in [2.45, 2.75) is 32.2 Å². The Morgan fingerprint density at radius 2 is 2.16 bits per heavy atom. The van der Waals surface area contributed by atoms with Gasteiger partial charge in [-0.05, 0) is 32.7 Å². The molecule has 0 bridgehead atoms. The van der Waals surface area contributed by atoms with Gasteiger partial charge in [0.15, 0.2) is 5.13 Å². The van der Waals surface area contributed by atoms with Crippen molar-refractivity contribution >= 4 is 22.4 Å². The summed E-state index contributed by atoms with van der Waals surface area (Å²) in [5.74, 6) is -0.862. The van der Waals surface area contributed by atoms with Crippen LogP contribution in [0.25, 0.3) is 0 Å². The number of hydrogen-bond acceptors (Lipinski definition) is 5. The smallest absolute Gasteiger partial charge is 0.347 e. The van der Waals surface area contributed by atoms with Crippen molar-refractivity contribution in [3.8, 4) is 0 Å². The van der Waals surface area contributed by atoms with E-state index in [1.807, 2.05) is 0 Å². The number of hydrogen-bond donors (Lipinski definition) is 1. The molecule has 2 fully saturated rings. The zero-order valence-electron chi connectivity index (χ0n) is 11.1. The van der Waals surface area contributed by atoms with Crippen molar-refractivity contribution in [2.75, 3.05) is 31.1 Å². The molecule has 2 aliphatic rings. The second kappa shape index (κ2) is 5.09. The Kier molecular flexibility index (Phi) is 3.45. The number of fused-ring (bicyclic) bond motifs is 1. The third-order valence-corrected chi connectivity index (χ3v) is 5.26. The lowest BCUT2D eigenvalue weighted by molar-refractivity contribution is 0.0701. The Morgan fingerprint density at radius 1 is 1.37 bits per heavy atom. The molecule has 0 saturated carbocycles. The Hall–Kier alpha value is -1.14. The van der Waals surface area contributed by atoms with Crippen molar-refractivity contribution in [1.29, 1.82) is 0 Å². The van der Waals surface area contributed by atoms with E-state index in [1.165, 1.54) is 30.7 Å². The highest BCUT2D eigenvalue weighted by atomic mass is 32.1. The van der Waals surface area contributed by atoms with Gasteiger partial charge in [0, 0.05) is 25.7 Å². The molecular weight excluding hydrogens is 262 g/mol. The topological polar surface area (TPSA) is 56.7 Å². The number of carbonyl (C=O) groups is 1. The second-order valence-electron chi connectivity index (χ2n) is 5.35. The number of nitrogens with zero attached hydrogens (tertiary/aromatic N) is 3. The van der Waals surface area contributed by atoms with Crippen LogP contribution in [0, 0.1) is 6.92 Å². The summed E-state index contributed by atoms with van der Waals surface area (Å²) in [7, 11) is 0. The van der Waals surface area contributed by atoms with Crippen molar-refractivity contribution < 1.29 is 9.90 Å².